The molecule has 0 N–H and O–H groups in total. The van der Waals surface area contributed by atoms with Gasteiger partial charge in [-0.05, 0) is 46.5 Å². The van der Waals surface area contributed by atoms with E-state index in [9.17, 15) is 9.59 Å². The van der Waals surface area contributed by atoms with Gasteiger partial charge in [0.15, 0.2) is 0 Å². The minimum absolute atomic E-state index is 0.446. The summed E-state index contributed by atoms with van der Waals surface area (Å²) in [5.74, 6) is 0.891. The lowest BCUT2D eigenvalue weighted by Gasteiger charge is -2.03. The molecule has 5 heteroatoms. The second-order valence-corrected chi connectivity index (χ2v) is 7.55. The zero-order valence-electron chi connectivity index (χ0n) is 17.5. The maximum absolute atomic E-state index is 10.8. The van der Waals surface area contributed by atoms with Gasteiger partial charge in [0.1, 0.15) is 12.6 Å². The van der Waals surface area contributed by atoms with Gasteiger partial charge in [-0.1, -0.05) is 72.8 Å². The first-order valence-electron chi connectivity index (χ1n) is 10.4. The molecule has 0 spiro atoms. The molecule has 1 aromatic heterocycles. The molecular weight excluding hydrogens is 412 g/mol. The smallest absolute Gasteiger partial charge is 0.248 e. The van der Waals surface area contributed by atoms with Gasteiger partial charge in [-0.3, -0.25) is 9.59 Å². The van der Waals surface area contributed by atoms with Gasteiger partial charge in [0.05, 0.1) is 0 Å². The van der Waals surface area contributed by atoms with Crippen LogP contribution in [0.1, 0.15) is 20.7 Å². The third-order valence-corrected chi connectivity index (χ3v) is 5.45. The van der Waals surface area contributed by atoms with E-state index in [4.69, 9.17) is 4.42 Å². The molecule has 0 unspecified atom stereocenters. The van der Waals surface area contributed by atoms with Crippen LogP contribution >= 0.6 is 0 Å². The van der Waals surface area contributed by atoms with Crippen molar-refractivity contribution >= 4 is 12.6 Å². The molecule has 0 radical (unpaired) electrons. The van der Waals surface area contributed by atoms with Gasteiger partial charge in [-0.15, -0.1) is 10.2 Å². The number of hydrogen-bond donors (Lipinski definition) is 0. The van der Waals surface area contributed by atoms with Crippen LogP contribution in [0.4, 0.5) is 0 Å². The van der Waals surface area contributed by atoms with Gasteiger partial charge < -0.3 is 4.42 Å². The molecule has 0 saturated heterocycles. The average molecular weight is 430 g/mol. The van der Waals surface area contributed by atoms with Crippen LogP contribution in [0.3, 0.4) is 0 Å². The van der Waals surface area contributed by atoms with Crippen molar-refractivity contribution in [2.75, 3.05) is 0 Å². The zero-order valence-corrected chi connectivity index (χ0v) is 17.5. The van der Waals surface area contributed by atoms with Crippen LogP contribution < -0.4 is 0 Å². The fourth-order valence-electron chi connectivity index (χ4n) is 3.58. The predicted molar refractivity (Wildman–Crippen MR) is 127 cm³/mol. The van der Waals surface area contributed by atoms with Crippen molar-refractivity contribution in [3.63, 3.8) is 0 Å². The van der Waals surface area contributed by atoms with Crippen molar-refractivity contribution in [3.8, 4) is 45.2 Å². The lowest BCUT2D eigenvalue weighted by molar-refractivity contribution is 0.111. The fraction of sp³-hybridized carbons (Fsp3) is 0. The summed E-state index contributed by atoms with van der Waals surface area (Å²) in [5.41, 5.74) is 7.08. The topological polar surface area (TPSA) is 73.1 Å². The lowest BCUT2D eigenvalue weighted by atomic mass is 10.0. The number of aldehydes is 2. The second-order valence-electron chi connectivity index (χ2n) is 7.55. The molecule has 0 fully saturated rings. The largest absolute Gasteiger partial charge is 0.416 e. The van der Waals surface area contributed by atoms with Crippen molar-refractivity contribution in [2.45, 2.75) is 0 Å². The Labute approximate surface area is 190 Å². The van der Waals surface area contributed by atoms with Crippen molar-refractivity contribution in [3.05, 3.63) is 108 Å². The standard InChI is InChI=1S/C28H18N2O3/c31-17-19-1-5-21(6-2-19)23-9-13-25(14-10-23)27-29-30-28(33-27)26-15-11-24(12-16-26)22-7-3-20(18-32)4-8-22/h1-18H. The number of carbonyl (C=O) groups excluding carboxylic acids is 2. The Kier molecular flexibility index (Phi) is 5.43. The first kappa shape index (κ1) is 20.3. The number of rotatable bonds is 6. The van der Waals surface area contributed by atoms with Crippen LogP contribution in [-0.2, 0) is 0 Å². The summed E-state index contributed by atoms with van der Waals surface area (Å²) < 4.78 is 5.91. The van der Waals surface area contributed by atoms with Gasteiger partial charge in [0.25, 0.3) is 0 Å². The summed E-state index contributed by atoms with van der Waals surface area (Å²) >= 11 is 0. The predicted octanol–water partition coefficient (Wildman–Crippen LogP) is 6.36. The minimum Gasteiger partial charge on any atom is -0.416 e. The quantitative estimate of drug-likeness (QED) is 0.293. The highest BCUT2D eigenvalue weighted by atomic mass is 16.4. The molecule has 0 aliphatic heterocycles. The van der Waals surface area contributed by atoms with Crippen molar-refractivity contribution in [2.24, 2.45) is 0 Å². The van der Waals surface area contributed by atoms with Gasteiger partial charge >= 0.3 is 0 Å². The summed E-state index contributed by atoms with van der Waals surface area (Å²) in [4.78, 5) is 21.7. The van der Waals surface area contributed by atoms with E-state index in [1.807, 2.05) is 72.8 Å². The van der Waals surface area contributed by atoms with E-state index in [-0.39, 0.29) is 0 Å². The van der Waals surface area contributed by atoms with Crippen LogP contribution in [-0.4, -0.2) is 22.8 Å². The third kappa shape index (κ3) is 4.25. The Morgan fingerprint density at radius 2 is 0.697 bits per heavy atom. The van der Waals surface area contributed by atoms with Gasteiger partial charge in [0, 0.05) is 22.3 Å². The Balaban J connectivity index is 1.34. The molecule has 0 saturated carbocycles. The van der Waals surface area contributed by atoms with Crippen LogP contribution in [0.25, 0.3) is 45.2 Å². The monoisotopic (exact) mass is 430 g/mol. The van der Waals surface area contributed by atoms with Crippen molar-refractivity contribution in [1.82, 2.24) is 10.2 Å². The van der Waals surface area contributed by atoms with Crippen LogP contribution in [0.15, 0.2) is 101 Å². The number of benzene rings is 4. The molecule has 5 rings (SSSR count). The molecule has 5 aromatic rings. The molecule has 0 aliphatic rings. The van der Waals surface area contributed by atoms with E-state index in [1.54, 1.807) is 24.3 Å². The first-order chi connectivity index (χ1) is 16.2. The van der Waals surface area contributed by atoms with Crippen molar-refractivity contribution < 1.29 is 14.0 Å². The minimum atomic E-state index is 0.446. The molecule has 4 aromatic carbocycles. The van der Waals surface area contributed by atoms with Gasteiger partial charge in [-0.25, -0.2) is 0 Å². The maximum Gasteiger partial charge on any atom is 0.248 e. The second kappa shape index (κ2) is 8.85. The molecule has 33 heavy (non-hydrogen) atoms. The Hall–Kier alpha value is -4.64. The molecule has 0 aliphatic carbocycles. The molecular formula is C28H18N2O3. The number of aromatic nitrogens is 2. The Morgan fingerprint density at radius 1 is 0.424 bits per heavy atom. The summed E-state index contributed by atoms with van der Waals surface area (Å²) in [6, 6.07) is 30.6. The number of nitrogens with zero attached hydrogens (tertiary/aromatic N) is 2. The molecule has 5 nitrogen and oxygen atoms in total. The Bertz CT molecular complexity index is 1290. The molecule has 0 amide bonds. The summed E-state index contributed by atoms with van der Waals surface area (Å²) in [7, 11) is 0. The third-order valence-electron chi connectivity index (χ3n) is 5.45. The van der Waals surface area contributed by atoms with E-state index in [1.165, 1.54) is 0 Å². The highest BCUT2D eigenvalue weighted by Crippen LogP contribution is 2.28. The van der Waals surface area contributed by atoms with Crippen molar-refractivity contribution in [1.29, 1.82) is 0 Å². The Morgan fingerprint density at radius 3 is 1.00 bits per heavy atom. The first-order valence-corrected chi connectivity index (χ1v) is 10.4. The van der Waals surface area contributed by atoms with E-state index in [2.05, 4.69) is 10.2 Å². The van der Waals surface area contributed by atoms with Crippen LogP contribution in [0.5, 0.6) is 0 Å². The zero-order chi connectivity index (χ0) is 22.6. The maximum atomic E-state index is 10.8. The van der Waals surface area contributed by atoms with E-state index < -0.39 is 0 Å². The molecule has 0 atom stereocenters. The van der Waals surface area contributed by atoms with Crippen LogP contribution in [0.2, 0.25) is 0 Å². The van der Waals surface area contributed by atoms with E-state index in [0.29, 0.717) is 22.9 Å². The van der Waals surface area contributed by atoms with Crippen LogP contribution in [0, 0.1) is 0 Å². The lowest BCUT2D eigenvalue weighted by Crippen LogP contribution is -1.82. The van der Waals surface area contributed by atoms with Gasteiger partial charge in [-0.2, -0.15) is 0 Å². The fourth-order valence-corrected chi connectivity index (χ4v) is 3.58. The normalized spacial score (nSPS) is 10.7. The SMILES string of the molecule is O=Cc1ccc(-c2ccc(-c3nnc(-c4ccc(-c5ccc(C=O)cc5)cc4)o3)cc2)cc1. The van der Waals surface area contributed by atoms with E-state index in [0.717, 1.165) is 46.0 Å². The van der Waals surface area contributed by atoms with Gasteiger partial charge in [0.2, 0.25) is 11.8 Å². The average Bonchev–Trinajstić information content (AvgIpc) is 3.39. The summed E-state index contributed by atoms with van der Waals surface area (Å²) in [6.45, 7) is 0. The molecule has 1 heterocycles. The highest BCUT2D eigenvalue weighted by Gasteiger charge is 2.11. The number of hydrogen-bond acceptors (Lipinski definition) is 5. The van der Waals surface area contributed by atoms with E-state index >= 15 is 0 Å². The highest BCUT2D eigenvalue weighted by molar-refractivity contribution is 5.78. The summed E-state index contributed by atoms with van der Waals surface area (Å²) in [6.07, 6.45) is 1.67. The summed E-state index contributed by atoms with van der Waals surface area (Å²) in [5, 5.41) is 8.40. The number of carbonyl (C=O) groups is 2. The molecule has 0 bridgehead atoms. The molecule has 158 valence electrons.